The van der Waals surface area contributed by atoms with Crippen molar-refractivity contribution in [3.63, 3.8) is 0 Å². The van der Waals surface area contributed by atoms with Crippen molar-refractivity contribution in [2.75, 3.05) is 19.9 Å². The molecule has 0 saturated heterocycles. The number of aromatic nitrogens is 3. The number of sulfone groups is 1. The predicted octanol–water partition coefficient (Wildman–Crippen LogP) is 1.18. The highest BCUT2D eigenvalue weighted by Crippen LogP contribution is 2.24. The molecule has 0 aliphatic rings. The highest BCUT2D eigenvalue weighted by molar-refractivity contribution is 7.90. The molecule has 0 unspecified atom stereocenters. The Hall–Kier alpha value is -2.46. The minimum Gasteiger partial charge on any atom is -0.495 e. The molecule has 0 spiro atoms. The molecule has 2 aromatic heterocycles. The predicted molar refractivity (Wildman–Crippen MR) is 93.0 cm³/mol. The zero-order valence-electron chi connectivity index (χ0n) is 13.6. The molecule has 3 rings (SSSR count). The van der Waals surface area contributed by atoms with Crippen LogP contribution in [-0.2, 0) is 16.3 Å². The fraction of sp³-hybridized carbons (Fsp3) is 0.267. The van der Waals surface area contributed by atoms with E-state index < -0.39 is 9.84 Å². The monoisotopic (exact) mass is 380 g/mol. The summed E-state index contributed by atoms with van der Waals surface area (Å²) < 4.78 is 30.4. The average molecular weight is 380 g/mol. The van der Waals surface area contributed by atoms with Gasteiger partial charge in [-0.05, 0) is 18.2 Å². The third-order valence-corrected chi connectivity index (χ3v) is 5.58. The molecule has 0 saturated carbocycles. The molecular formula is C15H16N4O4S2. The van der Waals surface area contributed by atoms with Gasteiger partial charge in [-0.1, -0.05) is 0 Å². The van der Waals surface area contributed by atoms with Crippen molar-refractivity contribution in [1.82, 2.24) is 19.9 Å². The van der Waals surface area contributed by atoms with Crippen LogP contribution in [0.4, 0.5) is 0 Å². The van der Waals surface area contributed by atoms with Gasteiger partial charge < -0.3 is 10.1 Å². The second kappa shape index (κ2) is 6.81. The van der Waals surface area contributed by atoms with Crippen molar-refractivity contribution in [1.29, 1.82) is 0 Å². The second-order valence-electron chi connectivity index (χ2n) is 5.33. The van der Waals surface area contributed by atoms with Crippen LogP contribution in [0.1, 0.15) is 16.1 Å². The lowest BCUT2D eigenvalue weighted by Gasteiger charge is -2.10. The molecule has 0 aliphatic carbocycles. The van der Waals surface area contributed by atoms with Crippen molar-refractivity contribution in [3.8, 4) is 5.75 Å². The first-order valence-corrected chi connectivity index (χ1v) is 10.1. The van der Waals surface area contributed by atoms with Gasteiger partial charge in [-0.25, -0.2) is 17.9 Å². The van der Waals surface area contributed by atoms with Crippen molar-refractivity contribution in [2.45, 2.75) is 11.3 Å². The maximum atomic E-state index is 12.3. The van der Waals surface area contributed by atoms with Gasteiger partial charge in [-0.2, -0.15) is 5.10 Å². The molecular weight excluding hydrogens is 364 g/mol. The molecule has 132 valence electrons. The van der Waals surface area contributed by atoms with Gasteiger partial charge in [-0.15, -0.1) is 11.3 Å². The topological polar surface area (TPSA) is 103 Å². The van der Waals surface area contributed by atoms with E-state index in [4.69, 9.17) is 4.74 Å². The smallest absolute Gasteiger partial charge is 0.251 e. The molecule has 0 fully saturated rings. The number of ether oxygens (including phenoxy) is 1. The average Bonchev–Trinajstić information content (AvgIpc) is 3.18. The van der Waals surface area contributed by atoms with Crippen LogP contribution in [0.3, 0.4) is 0 Å². The quantitative estimate of drug-likeness (QED) is 0.689. The van der Waals surface area contributed by atoms with Crippen LogP contribution in [0, 0.1) is 0 Å². The van der Waals surface area contributed by atoms with Crippen LogP contribution in [0.2, 0.25) is 0 Å². The molecule has 0 bridgehead atoms. The molecule has 1 aromatic carbocycles. The van der Waals surface area contributed by atoms with Crippen molar-refractivity contribution in [3.05, 3.63) is 41.2 Å². The van der Waals surface area contributed by atoms with Gasteiger partial charge in [-0.3, -0.25) is 4.79 Å². The summed E-state index contributed by atoms with van der Waals surface area (Å²) in [5.41, 5.74) is 1.21. The Morgan fingerprint density at radius 2 is 2.20 bits per heavy atom. The molecule has 25 heavy (non-hydrogen) atoms. The standard InChI is InChI=1S/C15H16N4O4S2/c1-23-12-4-3-10(7-13(12)25(2,21)22)14(20)16-6-5-11-8-24-15-17-9-18-19(11)15/h3-4,7-9H,5-6H2,1-2H3,(H,16,20). The Morgan fingerprint density at radius 3 is 2.92 bits per heavy atom. The number of benzene rings is 1. The highest BCUT2D eigenvalue weighted by Gasteiger charge is 2.17. The van der Waals surface area contributed by atoms with Gasteiger partial charge in [0, 0.05) is 30.2 Å². The zero-order valence-corrected chi connectivity index (χ0v) is 15.2. The van der Waals surface area contributed by atoms with E-state index in [-0.39, 0.29) is 22.1 Å². The van der Waals surface area contributed by atoms with Gasteiger partial charge in [0.05, 0.1) is 12.8 Å². The van der Waals surface area contributed by atoms with E-state index in [2.05, 4.69) is 15.4 Å². The number of rotatable bonds is 6. The van der Waals surface area contributed by atoms with Crippen LogP contribution in [0.5, 0.6) is 5.75 Å². The summed E-state index contributed by atoms with van der Waals surface area (Å²) in [7, 11) is -2.11. The fourth-order valence-corrected chi connectivity index (χ4v) is 4.05. The number of hydrogen-bond donors (Lipinski definition) is 1. The summed E-state index contributed by atoms with van der Waals surface area (Å²) in [6.07, 6.45) is 3.15. The number of hydrogen-bond acceptors (Lipinski definition) is 7. The Labute approximate surface area is 148 Å². The first-order chi connectivity index (χ1) is 11.9. The van der Waals surface area contributed by atoms with E-state index in [0.717, 1.165) is 16.9 Å². The lowest BCUT2D eigenvalue weighted by Crippen LogP contribution is -2.26. The Balaban J connectivity index is 1.70. The van der Waals surface area contributed by atoms with Crippen LogP contribution >= 0.6 is 11.3 Å². The van der Waals surface area contributed by atoms with Crippen LogP contribution in [0.25, 0.3) is 4.96 Å². The van der Waals surface area contributed by atoms with E-state index in [1.54, 1.807) is 4.52 Å². The first kappa shape index (κ1) is 17.4. The van der Waals surface area contributed by atoms with E-state index in [0.29, 0.717) is 13.0 Å². The summed E-state index contributed by atoms with van der Waals surface area (Å²) in [6, 6.07) is 4.33. The number of nitrogens with zero attached hydrogens (tertiary/aromatic N) is 3. The summed E-state index contributed by atoms with van der Waals surface area (Å²) in [4.78, 5) is 17.2. The van der Waals surface area contributed by atoms with E-state index in [1.165, 1.54) is 43.0 Å². The molecule has 10 heteroatoms. The molecule has 8 nitrogen and oxygen atoms in total. The third kappa shape index (κ3) is 3.64. The molecule has 3 aromatic rings. The Kier molecular flexibility index (Phi) is 4.73. The van der Waals surface area contributed by atoms with Crippen molar-refractivity contribution < 1.29 is 17.9 Å². The maximum absolute atomic E-state index is 12.3. The third-order valence-electron chi connectivity index (χ3n) is 3.58. The SMILES string of the molecule is COc1ccc(C(=O)NCCc2csc3ncnn23)cc1S(C)(=O)=O. The van der Waals surface area contributed by atoms with Crippen LogP contribution < -0.4 is 10.1 Å². The lowest BCUT2D eigenvalue weighted by atomic mass is 10.2. The van der Waals surface area contributed by atoms with Gasteiger partial charge >= 0.3 is 0 Å². The normalized spacial score (nSPS) is 11.6. The van der Waals surface area contributed by atoms with Gasteiger partial charge in [0.25, 0.3) is 5.91 Å². The Bertz CT molecular complexity index is 1020. The molecule has 0 atom stereocenters. The van der Waals surface area contributed by atoms with E-state index in [1.807, 2.05) is 5.38 Å². The number of carbonyl (C=O) groups is 1. The van der Waals surface area contributed by atoms with Gasteiger partial charge in [0.15, 0.2) is 9.84 Å². The summed E-state index contributed by atoms with van der Waals surface area (Å²) in [6.45, 7) is 0.394. The second-order valence-corrected chi connectivity index (χ2v) is 8.15. The molecule has 1 N–H and O–H groups in total. The number of thiazole rings is 1. The molecule has 2 heterocycles. The van der Waals surface area contributed by atoms with Crippen LogP contribution in [-0.4, -0.2) is 48.8 Å². The fourth-order valence-electron chi connectivity index (χ4n) is 2.36. The number of amides is 1. The minimum atomic E-state index is -3.50. The summed E-state index contributed by atoms with van der Waals surface area (Å²) >= 11 is 1.48. The molecule has 1 amide bonds. The first-order valence-electron chi connectivity index (χ1n) is 7.32. The van der Waals surface area contributed by atoms with Crippen molar-refractivity contribution in [2.24, 2.45) is 0 Å². The van der Waals surface area contributed by atoms with E-state index >= 15 is 0 Å². The van der Waals surface area contributed by atoms with Crippen molar-refractivity contribution >= 4 is 32.0 Å². The lowest BCUT2D eigenvalue weighted by molar-refractivity contribution is 0.0953. The number of carbonyl (C=O) groups excluding carboxylic acids is 1. The number of fused-ring (bicyclic) bond motifs is 1. The minimum absolute atomic E-state index is 0.00944. The summed E-state index contributed by atoms with van der Waals surface area (Å²) in [5.74, 6) is -0.136. The summed E-state index contributed by atoms with van der Waals surface area (Å²) in [5, 5.41) is 8.83. The molecule has 0 aliphatic heterocycles. The van der Waals surface area contributed by atoms with Gasteiger partial charge in [0.1, 0.15) is 17.0 Å². The number of nitrogens with one attached hydrogen (secondary N) is 1. The highest BCUT2D eigenvalue weighted by atomic mass is 32.2. The largest absolute Gasteiger partial charge is 0.495 e. The van der Waals surface area contributed by atoms with Crippen LogP contribution in [0.15, 0.2) is 34.8 Å². The van der Waals surface area contributed by atoms with E-state index in [9.17, 15) is 13.2 Å². The van der Waals surface area contributed by atoms with Gasteiger partial charge in [0.2, 0.25) is 4.96 Å². The zero-order chi connectivity index (χ0) is 18.0. The maximum Gasteiger partial charge on any atom is 0.251 e. The Morgan fingerprint density at radius 1 is 1.40 bits per heavy atom. The molecule has 0 radical (unpaired) electrons. The number of methoxy groups -OCH3 is 1.